The normalized spacial score (nSPS) is 21.9. The van der Waals surface area contributed by atoms with Crippen molar-refractivity contribution in [2.75, 3.05) is 0 Å². The molecule has 3 heteroatoms. The Morgan fingerprint density at radius 3 is 2.29 bits per heavy atom. The zero-order valence-corrected chi connectivity index (χ0v) is 9.31. The topological polar surface area (TPSA) is 20.7 Å². The average Bonchev–Trinajstić information content (AvgIpc) is 2.99. The molecule has 0 saturated heterocycles. The minimum absolute atomic E-state index is 0.716. The van der Waals surface area contributed by atoms with E-state index in [0.29, 0.717) is 6.04 Å². The molecule has 0 radical (unpaired) electrons. The van der Waals surface area contributed by atoms with Gasteiger partial charge in [-0.3, -0.25) is 0 Å². The lowest BCUT2D eigenvalue weighted by atomic mass is 10.1. The Balaban J connectivity index is 2.01. The molecule has 1 aromatic rings. The van der Waals surface area contributed by atoms with Crippen LogP contribution in [0, 0.1) is 23.5 Å². The third kappa shape index (κ3) is 1.34. The van der Waals surface area contributed by atoms with Crippen LogP contribution in [0.2, 0.25) is 0 Å². The van der Waals surface area contributed by atoms with E-state index in [0.717, 1.165) is 16.6 Å². The number of aromatic nitrogens is 2. The number of aryl methyl sites for hydroxylation is 1. The Morgan fingerprint density at radius 2 is 1.93 bits per heavy atom. The van der Waals surface area contributed by atoms with E-state index in [1.807, 2.05) is 6.20 Å². The minimum atomic E-state index is 0.716. The summed E-state index contributed by atoms with van der Waals surface area (Å²) in [5, 5.41) is 0. The second-order valence-electron chi connectivity index (χ2n) is 4.77. The zero-order chi connectivity index (χ0) is 9.71. The molecule has 0 unspecified atom stereocenters. The summed E-state index contributed by atoms with van der Waals surface area (Å²) in [6.07, 6.45) is 7.68. The SMILES string of the molecule is Cc1c[nH]c(=S)n1C(C1CC1)C1CC1. The molecule has 0 atom stereocenters. The van der Waals surface area contributed by atoms with Crippen molar-refractivity contribution in [2.24, 2.45) is 11.8 Å². The third-order valence-corrected chi connectivity index (χ3v) is 3.83. The predicted octanol–water partition coefficient (Wildman–Crippen LogP) is 3.22. The number of nitrogens with one attached hydrogen (secondary N) is 1. The molecule has 0 aliphatic heterocycles. The maximum Gasteiger partial charge on any atom is 0.177 e. The van der Waals surface area contributed by atoms with E-state index in [1.54, 1.807) is 0 Å². The van der Waals surface area contributed by atoms with Crippen LogP contribution in [0.5, 0.6) is 0 Å². The highest BCUT2D eigenvalue weighted by molar-refractivity contribution is 7.71. The summed E-state index contributed by atoms with van der Waals surface area (Å²) in [6, 6.07) is 0.716. The number of nitrogens with zero attached hydrogens (tertiary/aromatic N) is 1. The van der Waals surface area contributed by atoms with E-state index in [2.05, 4.69) is 16.5 Å². The summed E-state index contributed by atoms with van der Waals surface area (Å²) in [5.74, 6) is 1.84. The Labute approximate surface area is 89.3 Å². The zero-order valence-electron chi connectivity index (χ0n) is 8.49. The van der Waals surface area contributed by atoms with E-state index >= 15 is 0 Å². The first-order valence-corrected chi connectivity index (χ1v) is 5.94. The second-order valence-corrected chi connectivity index (χ2v) is 5.16. The third-order valence-electron chi connectivity index (χ3n) is 3.51. The summed E-state index contributed by atoms with van der Waals surface area (Å²) in [6.45, 7) is 2.16. The van der Waals surface area contributed by atoms with Crippen LogP contribution in [0.3, 0.4) is 0 Å². The maximum atomic E-state index is 5.35. The first-order valence-electron chi connectivity index (χ1n) is 5.54. The summed E-state index contributed by atoms with van der Waals surface area (Å²) in [5.41, 5.74) is 1.30. The molecule has 1 heterocycles. The first kappa shape index (κ1) is 8.72. The summed E-state index contributed by atoms with van der Waals surface area (Å²) < 4.78 is 3.29. The van der Waals surface area contributed by atoms with Gasteiger partial charge in [0.15, 0.2) is 4.77 Å². The van der Waals surface area contributed by atoms with Gasteiger partial charge in [0.1, 0.15) is 0 Å². The summed E-state index contributed by atoms with van der Waals surface area (Å²) in [7, 11) is 0. The van der Waals surface area contributed by atoms with Crippen LogP contribution in [-0.2, 0) is 0 Å². The van der Waals surface area contributed by atoms with Crippen LogP contribution in [0.4, 0.5) is 0 Å². The Hall–Kier alpha value is -0.570. The fourth-order valence-electron chi connectivity index (χ4n) is 2.52. The van der Waals surface area contributed by atoms with Gasteiger partial charge in [0.2, 0.25) is 0 Å². The molecule has 2 nitrogen and oxygen atoms in total. The fourth-order valence-corrected chi connectivity index (χ4v) is 2.84. The van der Waals surface area contributed by atoms with Gasteiger partial charge < -0.3 is 9.55 Å². The molecular formula is C11H16N2S. The summed E-state index contributed by atoms with van der Waals surface area (Å²) >= 11 is 5.35. The van der Waals surface area contributed by atoms with Crippen molar-refractivity contribution < 1.29 is 0 Å². The maximum absolute atomic E-state index is 5.35. The smallest absolute Gasteiger partial charge is 0.177 e. The fraction of sp³-hybridized carbons (Fsp3) is 0.727. The molecule has 0 aromatic carbocycles. The van der Waals surface area contributed by atoms with Gasteiger partial charge in [-0.2, -0.15) is 0 Å². The van der Waals surface area contributed by atoms with Gasteiger partial charge in [0.25, 0.3) is 0 Å². The number of aromatic amines is 1. The molecule has 76 valence electrons. The molecule has 2 saturated carbocycles. The van der Waals surface area contributed by atoms with Crippen molar-refractivity contribution in [3.05, 3.63) is 16.7 Å². The highest BCUT2D eigenvalue weighted by Crippen LogP contribution is 2.52. The van der Waals surface area contributed by atoms with Crippen LogP contribution in [0.15, 0.2) is 6.20 Å². The van der Waals surface area contributed by atoms with Crippen LogP contribution in [0.1, 0.15) is 37.4 Å². The standard InChI is InChI=1S/C11H16N2S/c1-7-6-12-11(14)13(7)10(8-2-3-8)9-4-5-9/h6,8-10H,2-5H2,1H3,(H,12,14). The molecule has 2 aliphatic carbocycles. The largest absolute Gasteiger partial charge is 0.337 e. The molecule has 2 fully saturated rings. The lowest BCUT2D eigenvalue weighted by molar-refractivity contribution is 0.385. The van der Waals surface area contributed by atoms with Crippen molar-refractivity contribution in [1.82, 2.24) is 9.55 Å². The predicted molar refractivity (Wildman–Crippen MR) is 58.8 cm³/mol. The molecule has 0 amide bonds. The van der Waals surface area contributed by atoms with Crippen molar-refractivity contribution in [2.45, 2.75) is 38.6 Å². The van der Waals surface area contributed by atoms with E-state index in [-0.39, 0.29) is 0 Å². The van der Waals surface area contributed by atoms with Crippen molar-refractivity contribution >= 4 is 12.2 Å². The highest BCUT2D eigenvalue weighted by Gasteiger charge is 2.43. The monoisotopic (exact) mass is 208 g/mol. The van der Waals surface area contributed by atoms with Crippen LogP contribution >= 0.6 is 12.2 Å². The van der Waals surface area contributed by atoms with E-state index in [4.69, 9.17) is 12.2 Å². The van der Waals surface area contributed by atoms with Crippen LogP contribution in [0.25, 0.3) is 0 Å². The molecule has 1 aromatic heterocycles. The Kier molecular flexibility index (Phi) is 1.84. The van der Waals surface area contributed by atoms with E-state index in [1.165, 1.54) is 31.4 Å². The minimum Gasteiger partial charge on any atom is -0.337 e. The molecular weight excluding hydrogens is 192 g/mol. The molecule has 1 N–H and O–H groups in total. The van der Waals surface area contributed by atoms with E-state index < -0.39 is 0 Å². The van der Waals surface area contributed by atoms with Gasteiger partial charge in [-0.05, 0) is 56.7 Å². The molecule has 2 aliphatic rings. The molecule has 14 heavy (non-hydrogen) atoms. The van der Waals surface area contributed by atoms with E-state index in [9.17, 15) is 0 Å². The second kappa shape index (κ2) is 2.96. The van der Waals surface area contributed by atoms with Crippen molar-refractivity contribution in [1.29, 1.82) is 0 Å². The Bertz CT molecular complexity index is 384. The number of H-pyrrole nitrogens is 1. The van der Waals surface area contributed by atoms with Crippen molar-refractivity contribution in [3.8, 4) is 0 Å². The van der Waals surface area contributed by atoms with Gasteiger partial charge in [-0.1, -0.05) is 0 Å². The number of hydrogen-bond donors (Lipinski definition) is 1. The number of hydrogen-bond acceptors (Lipinski definition) is 1. The van der Waals surface area contributed by atoms with Gasteiger partial charge in [0.05, 0.1) is 0 Å². The number of rotatable bonds is 3. The average molecular weight is 208 g/mol. The Morgan fingerprint density at radius 1 is 1.36 bits per heavy atom. The van der Waals surface area contributed by atoms with Gasteiger partial charge in [0, 0.05) is 17.9 Å². The van der Waals surface area contributed by atoms with Gasteiger partial charge >= 0.3 is 0 Å². The molecule has 3 rings (SSSR count). The van der Waals surface area contributed by atoms with Gasteiger partial charge in [-0.25, -0.2) is 0 Å². The van der Waals surface area contributed by atoms with Crippen LogP contribution in [-0.4, -0.2) is 9.55 Å². The molecule has 0 spiro atoms. The van der Waals surface area contributed by atoms with Gasteiger partial charge in [-0.15, -0.1) is 0 Å². The van der Waals surface area contributed by atoms with Crippen molar-refractivity contribution in [3.63, 3.8) is 0 Å². The summed E-state index contributed by atoms with van der Waals surface area (Å²) in [4.78, 5) is 3.16. The highest BCUT2D eigenvalue weighted by atomic mass is 32.1. The number of imidazole rings is 1. The molecule has 0 bridgehead atoms. The first-order chi connectivity index (χ1) is 6.77. The lowest BCUT2D eigenvalue weighted by Gasteiger charge is -2.19. The quantitative estimate of drug-likeness (QED) is 0.756. The van der Waals surface area contributed by atoms with Crippen LogP contribution < -0.4 is 0 Å². The lowest BCUT2D eigenvalue weighted by Crippen LogP contribution is -2.14.